The normalized spacial score (nSPS) is 33.8. The van der Waals surface area contributed by atoms with Crippen molar-refractivity contribution < 1.29 is 110 Å². The molecular weight excluding hydrogens is 1070 g/mol. The second kappa shape index (κ2) is 35.8. The molecule has 13 nitrogen and oxygen atoms in total. The topological polar surface area (TPSA) is 188 Å². The number of fused-ring (bicyclic) bond motifs is 10. The second-order valence-electron chi connectivity index (χ2n) is 29.8. The molecule has 0 aliphatic heterocycles. The average Bonchev–Trinajstić information content (AvgIpc) is 3.23. The fourth-order valence-corrected chi connectivity index (χ4v) is 19.9. The van der Waals surface area contributed by atoms with Crippen LogP contribution in [0.3, 0.4) is 0 Å². The van der Waals surface area contributed by atoms with Gasteiger partial charge in [-0.3, -0.25) is 19.4 Å². The monoisotopic (exact) mass is 1180 g/mol. The zero-order valence-corrected chi connectivity index (χ0v) is 57.3. The van der Waals surface area contributed by atoms with Crippen LogP contribution >= 0.6 is 0 Å². The SMILES string of the molecule is CC(C)CCC[C@@H](C)[C@H]1CCC2C3CC=C4C[C@@H](OCCN(CC(=O)[O-])CC(=O)[O-])CC[C@]4(C)C3CC[C@@]21C.CCOC(=O)CN(CCO[C@H]1CC[C@@]2(C)C(=CCC3C2CC[C@@]2(C)C3CC[C@@H]2[C@H](C)CCCC(C)C)C1)CC(=O)OCC.[Li+].[Li+].[Li+].[OH-]. The Morgan fingerprint density at radius 1 is 0.523 bits per heavy atom. The molecule has 8 rings (SSSR count). The van der Waals surface area contributed by atoms with Gasteiger partial charge in [0.25, 0.3) is 0 Å². The van der Waals surface area contributed by atoms with Crippen molar-refractivity contribution in [1.29, 1.82) is 0 Å². The number of aliphatic carboxylic acids is 2. The van der Waals surface area contributed by atoms with Crippen LogP contribution in [-0.2, 0) is 38.1 Å². The summed E-state index contributed by atoms with van der Waals surface area (Å²) in [5.41, 5.74) is 4.82. The van der Waals surface area contributed by atoms with E-state index in [2.05, 4.69) is 81.4 Å². The first-order valence-corrected chi connectivity index (χ1v) is 33.7. The van der Waals surface area contributed by atoms with Crippen LogP contribution in [0, 0.1) is 92.7 Å². The molecule has 0 spiro atoms. The van der Waals surface area contributed by atoms with Gasteiger partial charge in [0.15, 0.2) is 0 Å². The molecule has 6 saturated carbocycles. The van der Waals surface area contributed by atoms with E-state index in [1.54, 1.807) is 29.9 Å². The molecule has 0 aromatic heterocycles. The number of nitrogens with zero attached hydrogens (tertiary/aromatic N) is 2. The van der Waals surface area contributed by atoms with E-state index in [1.807, 2.05) is 0 Å². The summed E-state index contributed by atoms with van der Waals surface area (Å²) in [6, 6.07) is 0. The van der Waals surface area contributed by atoms with Crippen LogP contribution in [0.25, 0.3) is 0 Å². The van der Waals surface area contributed by atoms with Crippen molar-refractivity contribution >= 4 is 23.9 Å². The van der Waals surface area contributed by atoms with Gasteiger partial charge in [0.05, 0.1) is 63.7 Å². The summed E-state index contributed by atoms with van der Waals surface area (Å²) in [4.78, 5) is 49.2. The molecule has 1 N–H and O–H groups in total. The summed E-state index contributed by atoms with van der Waals surface area (Å²) in [5.74, 6) is 6.87. The summed E-state index contributed by atoms with van der Waals surface area (Å²) in [7, 11) is 0. The zero-order valence-electron chi connectivity index (χ0n) is 57.3. The van der Waals surface area contributed by atoms with Gasteiger partial charge in [-0.1, -0.05) is 131 Å². The van der Waals surface area contributed by atoms with E-state index in [4.69, 9.17) is 18.9 Å². The number of carbonyl (C=O) groups is 4. The van der Waals surface area contributed by atoms with Gasteiger partial charge in [0.2, 0.25) is 0 Å². The smallest absolute Gasteiger partial charge is 0.870 e. The Balaban J connectivity index is 0.000000432. The number of ether oxygens (including phenoxy) is 4. The summed E-state index contributed by atoms with van der Waals surface area (Å²) in [6.45, 7) is 30.1. The largest absolute Gasteiger partial charge is 1.00 e. The third kappa shape index (κ3) is 19.5. The number of carbonyl (C=O) groups excluding carboxylic acids is 4. The van der Waals surface area contributed by atoms with Crippen LogP contribution in [0.15, 0.2) is 23.3 Å². The zero-order chi connectivity index (χ0) is 59.6. The van der Waals surface area contributed by atoms with Crippen LogP contribution in [-0.4, -0.2) is 117 Å². The van der Waals surface area contributed by atoms with Gasteiger partial charge >= 0.3 is 68.5 Å². The minimum atomic E-state index is -1.29. The molecule has 0 saturated heterocycles. The maximum absolute atomic E-state index is 12.1. The Morgan fingerprint density at radius 3 is 1.24 bits per heavy atom. The minimum absolute atomic E-state index is 0. The number of rotatable bonds is 28. The Labute approximate surface area is 558 Å². The molecule has 476 valence electrons. The van der Waals surface area contributed by atoms with E-state index in [9.17, 15) is 29.4 Å². The third-order valence-electron chi connectivity index (χ3n) is 24.1. The number of esters is 2. The molecule has 0 amide bonds. The Kier molecular flexibility index (Phi) is 33.0. The third-order valence-corrected chi connectivity index (χ3v) is 24.1. The molecule has 86 heavy (non-hydrogen) atoms. The summed E-state index contributed by atoms with van der Waals surface area (Å²) < 4.78 is 22.8. The standard InChI is InChI=1S/C37H63NO5.C33H55NO5.3Li.H2O/c1-8-41-34(39)24-38(25-35(40)42-9-2)21-22-43-29-17-19-36(6)28(23-29)13-14-30-32-16-15-31(27(5)12-10-11-26(3)4)37(32,7)20-18-33(30)36;1-22(2)7-6-8-23(3)27-11-12-28-26-10-9-24-19-25(39-18-17-34(20-30(35)36)21-31(37)38)13-15-32(24,4)29(26)14-16-33(27,28)5;;;;/h13,26-27,29-33H,8-12,14-25H2,1-7H3;9,22-23,25-29H,6-8,10-21H2,1-5H3,(H,35,36)(H,37,38);;;;1H2/q;;3*+1;/p-3/t27-,29+,30?,31-,32?,33?,36+,37-;23-,25+,26?,27-,28?,29?,32+,33-;;;;/m11..../s1. The molecule has 0 radical (unpaired) electrons. The van der Waals surface area contributed by atoms with Gasteiger partial charge < -0.3 is 44.2 Å². The van der Waals surface area contributed by atoms with E-state index in [-0.39, 0.29) is 111 Å². The van der Waals surface area contributed by atoms with E-state index in [0.717, 1.165) is 103 Å². The first-order valence-electron chi connectivity index (χ1n) is 33.7. The molecule has 16 heteroatoms. The predicted octanol–water partition coefficient (Wildman–Crippen LogP) is 2.89. The van der Waals surface area contributed by atoms with Gasteiger partial charge in [-0.25, -0.2) is 0 Å². The minimum Gasteiger partial charge on any atom is -0.870 e. The van der Waals surface area contributed by atoms with Gasteiger partial charge in [0, 0.05) is 26.2 Å². The maximum Gasteiger partial charge on any atom is 1.00 e. The molecule has 0 aromatic carbocycles. The van der Waals surface area contributed by atoms with Gasteiger partial charge in [0.1, 0.15) is 0 Å². The van der Waals surface area contributed by atoms with E-state index >= 15 is 0 Å². The van der Waals surface area contributed by atoms with Crippen LogP contribution in [0.2, 0.25) is 0 Å². The number of carboxylic acid groups (broad SMARTS) is 2. The summed E-state index contributed by atoms with van der Waals surface area (Å²) in [6.07, 6.45) is 34.0. The molecule has 16 atom stereocenters. The summed E-state index contributed by atoms with van der Waals surface area (Å²) in [5, 5.41) is 21.9. The molecule has 6 fully saturated rings. The Hall–Kier alpha value is -1.05. The van der Waals surface area contributed by atoms with Crippen molar-refractivity contribution in [2.24, 2.45) is 92.7 Å². The Morgan fingerprint density at radius 2 is 0.895 bits per heavy atom. The maximum atomic E-state index is 12.1. The first-order chi connectivity index (χ1) is 38.9. The molecule has 0 aromatic rings. The first kappa shape index (κ1) is 79.2. The van der Waals surface area contributed by atoms with Crippen LogP contribution in [0.5, 0.6) is 0 Å². The molecule has 8 aliphatic carbocycles. The molecular formula is C70H117Li3N2O11. The van der Waals surface area contributed by atoms with Gasteiger partial charge in [-0.05, 0) is 209 Å². The van der Waals surface area contributed by atoms with Crippen LogP contribution in [0.1, 0.15) is 224 Å². The number of hydrogen-bond donors (Lipinski definition) is 0. The fourth-order valence-electron chi connectivity index (χ4n) is 19.9. The van der Waals surface area contributed by atoms with Crippen molar-refractivity contribution in [2.45, 2.75) is 237 Å². The van der Waals surface area contributed by atoms with Crippen LogP contribution in [0.4, 0.5) is 0 Å². The van der Waals surface area contributed by atoms with E-state index in [0.29, 0.717) is 49.2 Å². The molecule has 8 aliphatic rings. The predicted molar refractivity (Wildman–Crippen MR) is 324 cm³/mol. The van der Waals surface area contributed by atoms with E-state index in [1.165, 1.54) is 114 Å². The van der Waals surface area contributed by atoms with Crippen molar-refractivity contribution in [3.63, 3.8) is 0 Å². The van der Waals surface area contributed by atoms with Crippen LogP contribution < -0.4 is 66.8 Å². The Bertz CT molecular complexity index is 2140. The van der Waals surface area contributed by atoms with Gasteiger partial charge in [-0.2, -0.15) is 0 Å². The average molecular weight is 1180 g/mol. The molecule has 0 bridgehead atoms. The summed E-state index contributed by atoms with van der Waals surface area (Å²) >= 11 is 0. The van der Waals surface area contributed by atoms with Crippen molar-refractivity contribution in [2.75, 3.05) is 65.7 Å². The van der Waals surface area contributed by atoms with Gasteiger partial charge in [-0.15, -0.1) is 0 Å². The van der Waals surface area contributed by atoms with Crippen molar-refractivity contribution in [3.05, 3.63) is 23.3 Å². The molecule has 6 unspecified atom stereocenters. The quantitative estimate of drug-likeness (QED) is 0.0633. The van der Waals surface area contributed by atoms with Crippen molar-refractivity contribution in [1.82, 2.24) is 9.80 Å². The fraction of sp³-hybridized carbons (Fsp3) is 0.886. The molecule has 0 heterocycles. The number of carboxylic acids is 2. The number of hydrogen-bond acceptors (Lipinski definition) is 13. The van der Waals surface area contributed by atoms with Crippen molar-refractivity contribution in [3.8, 4) is 0 Å². The number of allylic oxidation sites excluding steroid dienone is 2. The second-order valence-corrected chi connectivity index (χ2v) is 29.8. The van der Waals surface area contributed by atoms with E-state index < -0.39 is 25.0 Å².